The van der Waals surface area contributed by atoms with Crippen LogP contribution < -0.4 is 32.0 Å². The number of aliphatic hydroxyl groups is 1. The lowest BCUT2D eigenvalue weighted by Gasteiger charge is -2.16. The van der Waals surface area contributed by atoms with Crippen molar-refractivity contribution in [2.24, 2.45) is 5.73 Å². The van der Waals surface area contributed by atoms with Gasteiger partial charge in [-0.2, -0.15) is 0 Å². The van der Waals surface area contributed by atoms with Crippen LogP contribution in [0, 0.1) is 18.8 Å². The van der Waals surface area contributed by atoms with Gasteiger partial charge in [0, 0.05) is 64.6 Å². The maximum atomic E-state index is 14.1. The molecule has 16 heteroatoms. The highest BCUT2D eigenvalue weighted by Gasteiger charge is 2.24. The maximum Gasteiger partial charge on any atom is 0.255 e. The van der Waals surface area contributed by atoms with Crippen molar-refractivity contribution in [3.63, 3.8) is 0 Å². The third kappa shape index (κ3) is 10.3. The number of hydrogen-bond donors (Lipinski definition) is 7. The van der Waals surface area contributed by atoms with Gasteiger partial charge < -0.3 is 41.6 Å². The Morgan fingerprint density at radius 3 is 2.46 bits per heavy atom. The number of ether oxygens (including phenoxy) is 1. The van der Waals surface area contributed by atoms with Crippen molar-refractivity contribution in [1.29, 1.82) is 0 Å². The number of nitrogens with one attached hydrogen (secondary N) is 4. The number of nitrogens with zero attached hydrogens (tertiary/aromatic N) is 1. The Morgan fingerprint density at radius 1 is 0.921 bits per heavy atom. The SMILES string of the molecule is COc1cccc(Nc2c(C(N)=O)cnc3c(C)cc(S(=O)(=O)c4cccc(C(=O)Nc5ccc(C#CCCCNC[C@H](O)c6ccc(O)c7[nH]c(=O)ccc67)cc5)c4)cc23)c1.Cl. The van der Waals surface area contributed by atoms with E-state index in [1.165, 1.54) is 61.8 Å². The van der Waals surface area contributed by atoms with Gasteiger partial charge in [-0.1, -0.05) is 30.0 Å². The van der Waals surface area contributed by atoms with Crippen LogP contribution in [-0.2, 0) is 9.84 Å². The number of carbonyl (C=O) groups is 2. The van der Waals surface area contributed by atoms with E-state index in [9.17, 15) is 33.0 Å². The van der Waals surface area contributed by atoms with E-state index in [0.29, 0.717) is 57.5 Å². The fourth-order valence-electron chi connectivity index (χ4n) is 6.91. The second-order valence-electron chi connectivity index (χ2n) is 14.4. The Balaban J connectivity index is 0.00000661. The number of aromatic hydroxyl groups is 1. The predicted molar refractivity (Wildman–Crippen MR) is 245 cm³/mol. The first-order valence-corrected chi connectivity index (χ1v) is 20.9. The van der Waals surface area contributed by atoms with Gasteiger partial charge in [0.1, 0.15) is 11.5 Å². The number of aryl methyl sites for hydroxylation is 1. The number of aromatic amines is 1. The summed E-state index contributed by atoms with van der Waals surface area (Å²) in [6.45, 7) is 2.59. The summed E-state index contributed by atoms with van der Waals surface area (Å²) < 4.78 is 33.6. The summed E-state index contributed by atoms with van der Waals surface area (Å²) in [4.78, 5) is 44.4. The molecule has 7 rings (SSSR count). The van der Waals surface area contributed by atoms with Crippen LogP contribution in [0.2, 0.25) is 0 Å². The van der Waals surface area contributed by atoms with Gasteiger partial charge in [0.05, 0.1) is 45.3 Å². The summed E-state index contributed by atoms with van der Waals surface area (Å²) in [7, 11) is -2.65. The molecule has 0 aliphatic heterocycles. The number of H-pyrrole nitrogens is 1. The van der Waals surface area contributed by atoms with E-state index in [1.807, 2.05) is 0 Å². The fourth-order valence-corrected chi connectivity index (χ4v) is 8.33. The van der Waals surface area contributed by atoms with Crippen LogP contribution in [0.3, 0.4) is 0 Å². The summed E-state index contributed by atoms with van der Waals surface area (Å²) in [5.41, 5.74) is 9.53. The largest absolute Gasteiger partial charge is 0.506 e. The zero-order valence-corrected chi connectivity index (χ0v) is 35.7. The zero-order valence-electron chi connectivity index (χ0n) is 34.1. The first-order valence-electron chi connectivity index (χ1n) is 19.5. The molecule has 0 fully saturated rings. The number of benzene rings is 5. The third-order valence-corrected chi connectivity index (χ3v) is 11.8. The highest BCUT2D eigenvalue weighted by Crippen LogP contribution is 2.35. The number of methoxy groups -OCH3 is 1. The summed E-state index contributed by atoms with van der Waals surface area (Å²) >= 11 is 0. The van der Waals surface area contributed by atoms with Crippen LogP contribution in [0.15, 0.2) is 130 Å². The molecule has 0 radical (unpaired) electrons. The first-order chi connectivity index (χ1) is 29.8. The average Bonchev–Trinajstić information content (AvgIpc) is 3.27. The molecule has 0 bridgehead atoms. The van der Waals surface area contributed by atoms with Crippen LogP contribution in [0.4, 0.5) is 17.1 Å². The van der Waals surface area contributed by atoms with Crippen LogP contribution in [-0.4, -0.2) is 60.6 Å². The number of carbonyl (C=O) groups excluding carboxylic acids is 2. The topological polar surface area (TPSA) is 226 Å². The van der Waals surface area contributed by atoms with Crippen molar-refractivity contribution in [2.75, 3.05) is 30.8 Å². The second-order valence-corrected chi connectivity index (χ2v) is 16.3. The van der Waals surface area contributed by atoms with E-state index < -0.39 is 27.8 Å². The minimum Gasteiger partial charge on any atom is -0.506 e. The van der Waals surface area contributed by atoms with Crippen molar-refractivity contribution < 1.29 is 33.0 Å². The third-order valence-electron chi connectivity index (χ3n) is 10.1. The standard InChI is InChI=1S/C47H42N6O8S.ClH/c1-28-22-35(25-38-43(28)50-26-39(46(48)57)44(38)51-32-10-7-11-33(24-32)61-2)62(59,60)34-12-6-9-30(23-34)47(58)52-31-15-13-29(14-16-31)8-4-3-5-21-49-27-41(55)36-17-19-40(54)45-37(36)18-20-42(56)53-45;/h6-7,9-20,22-26,41,49,54-55H,3,5,21,27H2,1-2H3,(H2,48,57)(H,50,51)(H,52,58)(H,53,56);1H/t41-;/m0./s1. The molecule has 0 aliphatic rings. The molecule has 0 saturated heterocycles. The van der Waals surface area contributed by atoms with E-state index >= 15 is 0 Å². The highest BCUT2D eigenvalue weighted by atomic mass is 35.5. The molecule has 0 spiro atoms. The van der Waals surface area contributed by atoms with Crippen LogP contribution in [0.1, 0.15) is 56.4 Å². The molecule has 5 aromatic carbocycles. The van der Waals surface area contributed by atoms with Crippen molar-refractivity contribution in [3.8, 4) is 23.3 Å². The Kier molecular flexibility index (Phi) is 14.1. The van der Waals surface area contributed by atoms with E-state index in [1.54, 1.807) is 67.6 Å². The van der Waals surface area contributed by atoms with Gasteiger partial charge in [-0.3, -0.25) is 19.4 Å². The van der Waals surface area contributed by atoms with Gasteiger partial charge in [0.2, 0.25) is 15.4 Å². The number of amides is 2. The average molecular weight is 887 g/mol. The molecule has 0 aliphatic carbocycles. The minimum atomic E-state index is -4.18. The molecule has 2 aromatic heterocycles. The Hall–Kier alpha value is -7.22. The number of nitrogens with two attached hydrogens (primary N) is 1. The molecule has 0 unspecified atom stereocenters. The summed E-state index contributed by atoms with van der Waals surface area (Å²) in [6, 6.07) is 28.6. The number of phenols is 1. The van der Waals surface area contributed by atoms with Crippen molar-refractivity contribution in [1.82, 2.24) is 15.3 Å². The number of aliphatic hydroxyl groups excluding tert-OH is 1. The van der Waals surface area contributed by atoms with Crippen molar-refractivity contribution in [3.05, 3.63) is 154 Å². The van der Waals surface area contributed by atoms with Crippen LogP contribution in [0.25, 0.3) is 21.8 Å². The van der Waals surface area contributed by atoms with Crippen LogP contribution >= 0.6 is 12.4 Å². The van der Waals surface area contributed by atoms with Gasteiger partial charge in [0.15, 0.2) is 0 Å². The number of fused-ring (bicyclic) bond motifs is 2. The zero-order chi connectivity index (χ0) is 44.0. The summed E-state index contributed by atoms with van der Waals surface area (Å²) in [5, 5.41) is 31.0. The van der Waals surface area contributed by atoms with Gasteiger partial charge in [0.25, 0.3) is 11.8 Å². The number of rotatable bonds is 14. The molecule has 63 heavy (non-hydrogen) atoms. The van der Waals surface area contributed by atoms with Gasteiger partial charge >= 0.3 is 0 Å². The molecule has 0 saturated carbocycles. The molecule has 322 valence electrons. The monoisotopic (exact) mass is 886 g/mol. The van der Waals surface area contributed by atoms with E-state index in [0.717, 1.165) is 12.0 Å². The quantitative estimate of drug-likeness (QED) is 0.0439. The van der Waals surface area contributed by atoms with Gasteiger partial charge in [-0.05, 0) is 110 Å². The summed E-state index contributed by atoms with van der Waals surface area (Å²) in [5.74, 6) is 5.46. The number of halogens is 1. The molecular formula is C47H43ClN6O8S. The number of pyridine rings is 2. The molecule has 7 aromatic rings. The first kappa shape index (κ1) is 45.3. The second kappa shape index (κ2) is 19.7. The summed E-state index contributed by atoms with van der Waals surface area (Å²) in [6.07, 6.45) is 1.82. The number of unbranched alkanes of at least 4 members (excludes halogenated alkanes) is 1. The fraction of sp³-hybridized carbons (Fsp3) is 0.149. The minimum absolute atomic E-state index is 0. The Labute approximate surface area is 368 Å². The van der Waals surface area contributed by atoms with Gasteiger partial charge in [-0.25, -0.2) is 8.42 Å². The lowest BCUT2D eigenvalue weighted by molar-refractivity contribution is 0.0998. The number of phenolic OH excluding ortho intramolecular Hbond substituents is 1. The van der Waals surface area contributed by atoms with Crippen molar-refractivity contribution in [2.45, 2.75) is 35.7 Å². The van der Waals surface area contributed by atoms with Crippen LogP contribution in [0.5, 0.6) is 11.5 Å². The smallest absolute Gasteiger partial charge is 0.255 e. The molecule has 14 nitrogen and oxygen atoms in total. The van der Waals surface area contributed by atoms with Crippen molar-refractivity contribution >= 4 is 72.9 Å². The highest BCUT2D eigenvalue weighted by molar-refractivity contribution is 7.91. The Bertz CT molecular complexity index is 3090. The number of sulfone groups is 1. The number of hydrogen-bond acceptors (Lipinski definition) is 11. The number of primary amides is 1. The number of anilines is 3. The molecule has 8 N–H and O–H groups in total. The number of aromatic nitrogens is 2. The predicted octanol–water partition coefficient (Wildman–Crippen LogP) is 6.90. The molecule has 2 amide bonds. The lowest BCUT2D eigenvalue weighted by atomic mass is 10.0. The molecule has 2 heterocycles. The maximum absolute atomic E-state index is 14.1. The van der Waals surface area contributed by atoms with E-state index in [4.69, 9.17) is 10.5 Å². The Morgan fingerprint density at radius 2 is 1.70 bits per heavy atom. The van der Waals surface area contributed by atoms with E-state index in [2.05, 4.69) is 37.8 Å². The van der Waals surface area contributed by atoms with E-state index in [-0.39, 0.29) is 62.4 Å². The van der Waals surface area contributed by atoms with Gasteiger partial charge in [-0.15, -0.1) is 12.4 Å². The normalized spacial score (nSPS) is 11.5. The molecule has 1 atom stereocenters. The molecular weight excluding hydrogens is 844 g/mol. The lowest BCUT2D eigenvalue weighted by Crippen LogP contribution is -2.22.